The topological polar surface area (TPSA) is 69.7 Å². The molecule has 0 radical (unpaired) electrons. The zero-order valence-electron chi connectivity index (χ0n) is 17.0. The molecule has 1 aliphatic heterocycles. The van der Waals surface area contributed by atoms with Crippen molar-refractivity contribution in [3.05, 3.63) is 29.8 Å². The van der Waals surface area contributed by atoms with Crippen molar-refractivity contribution in [2.75, 3.05) is 24.5 Å². The number of amides is 3. The van der Waals surface area contributed by atoms with Gasteiger partial charge in [-0.15, -0.1) is 0 Å². The predicted molar refractivity (Wildman–Crippen MR) is 106 cm³/mol. The lowest BCUT2D eigenvalue weighted by Crippen LogP contribution is -2.48. The Morgan fingerprint density at radius 2 is 1.89 bits per heavy atom. The van der Waals surface area contributed by atoms with Crippen LogP contribution in [-0.2, 0) is 20.8 Å². The first-order chi connectivity index (χ1) is 12.7. The highest BCUT2D eigenvalue weighted by atomic mass is 16.2. The average molecular weight is 373 g/mol. The van der Waals surface area contributed by atoms with Crippen LogP contribution in [0.15, 0.2) is 24.3 Å². The highest BCUT2D eigenvalue weighted by Crippen LogP contribution is 2.29. The molecule has 1 aromatic rings. The molecule has 1 heterocycles. The van der Waals surface area contributed by atoms with Gasteiger partial charge >= 0.3 is 0 Å². The summed E-state index contributed by atoms with van der Waals surface area (Å²) in [5.74, 6) is -0.768. The summed E-state index contributed by atoms with van der Waals surface area (Å²) in [6.45, 7) is 10.4. The molecule has 3 amide bonds. The zero-order valence-corrected chi connectivity index (χ0v) is 17.0. The Hall–Kier alpha value is -2.37. The number of carbonyl (C=O) groups is 3. The van der Waals surface area contributed by atoms with Gasteiger partial charge in [-0.05, 0) is 45.7 Å². The number of benzene rings is 1. The fraction of sp³-hybridized carbons (Fsp3) is 0.571. The van der Waals surface area contributed by atoms with Crippen LogP contribution in [0.2, 0.25) is 0 Å². The molecule has 1 atom stereocenters. The minimum Gasteiger partial charge on any atom is -0.350 e. The largest absolute Gasteiger partial charge is 0.350 e. The maximum Gasteiger partial charge on any atom is 0.240 e. The quantitative estimate of drug-likeness (QED) is 0.832. The van der Waals surface area contributed by atoms with Crippen LogP contribution >= 0.6 is 0 Å². The van der Waals surface area contributed by atoms with Crippen molar-refractivity contribution < 1.29 is 14.4 Å². The molecule has 2 rings (SSSR count). The molecule has 0 spiro atoms. The molecule has 1 aromatic carbocycles. The van der Waals surface area contributed by atoms with Gasteiger partial charge in [-0.1, -0.05) is 25.1 Å². The van der Waals surface area contributed by atoms with Crippen molar-refractivity contribution in [2.24, 2.45) is 5.92 Å². The Kier molecular flexibility index (Phi) is 6.63. The maximum atomic E-state index is 12.9. The first-order valence-electron chi connectivity index (χ1n) is 9.64. The maximum absolute atomic E-state index is 12.9. The van der Waals surface area contributed by atoms with Crippen LogP contribution in [0.25, 0.3) is 0 Å². The van der Waals surface area contributed by atoms with Crippen LogP contribution in [0.5, 0.6) is 0 Å². The molecule has 6 heteroatoms. The zero-order chi connectivity index (χ0) is 20.2. The Morgan fingerprint density at radius 1 is 1.22 bits per heavy atom. The van der Waals surface area contributed by atoms with E-state index >= 15 is 0 Å². The second kappa shape index (κ2) is 8.55. The van der Waals surface area contributed by atoms with Gasteiger partial charge in [-0.2, -0.15) is 0 Å². The SMILES string of the molecule is CCc1ccccc1N1CC(C(=O)N(CC)CC(=O)NC(C)(C)C)CC1=O. The summed E-state index contributed by atoms with van der Waals surface area (Å²) in [7, 11) is 0. The molecule has 1 fully saturated rings. The van der Waals surface area contributed by atoms with Gasteiger partial charge in [0.1, 0.15) is 0 Å². The van der Waals surface area contributed by atoms with Crippen LogP contribution in [0.4, 0.5) is 5.69 Å². The number of carbonyl (C=O) groups excluding carboxylic acids is 3. The number of nitrogens with one attached hydrogen (secondary N) is 1. The fourth-order valence-electron chi connectivity index (χ4n) is 3.41. The van der Waals surface area contributed by atoms with Gasteiger partial charge in [0.2, 0.25) is 17.7 Å². The standard InChI is InChI=1S/C21H31N3O3/c1-6-15-10-8-9-11-17(15)24-13-16(12-19(24)26)20(27)23(7-2)14-18(25)22-21(3,4)5/h8-11,16H,6-7,12-14H2,1-5H3,(H,22,25). The highest BCUT2D eigenvalue weighted by Gasteiger charge is 2.38. The summed E-state index contributed by atoms with van der Waals surface area (Å²) in [6, 6.07) is 7.80. The van der Waals surface area contributed by atoms with E-state index < -0.39 is 5.92 Å². The minimum atomic E-state index is -0.412. The number of para-hydroxylation sites is 1. The molecule has 0 saturated carbocycles. The molecule has 0 aromatic heterocycles. The summed E-state index contributed by atoms with van der Waals surface area (Å²) in [6.07, 6.45) is 1.01. The van der Waals surface area contributed by atoms with Gasteiger partial charge in [0.05, 0.1) is 12.5 Å². The first kappa shape index (κ1) is 20.9. The molecule has 0 bridgehead atoms. The van der Waals surface area contributed by atoms with Crippen molar-refractivity contribution in [3.8, 4) is 0 Å². The first-order valence-corrected chi connectivity index (χ1v) is 9.64. The highest BCUT2D eigenvalue weighted by molar-refractivity contribution is 6.01. The van der Waals surface area contributed by atoms with Gasteiger partial charge < -0.3 is 15.1 Å². The Morgan fingerprint density at radius 3 is 2.48 bits per heavy atom. The number of likely N-dealkylation sites (N-methyl/N-ethyl adjacent to an activating group) is 1. The third-order valence-corrected chi connectivity index (χ3v) is 4.68. The van der Waals surface area contributed by atoms with Gasteiger partial charge in [0.25, 0.3) is 0 Å². The minimum absolute atomic E-state index is 0.0167. The molecule has 6 nitrogen and oxygen atoms in total. The summed E-state index contributed by atoms with van der Waals surface area (Å²) >= 11 is 0. The van der Waals surface area contributed by atoms with E-state index in [0.29, 0.717) is 13.1 Å². The molecule has 1 unspecified atom stereocenters. The Labute approximate surface area is 161 Å². The molecule has 1 saturated heterocycles. The number of anilines is 1. The van der Waals surface area contributed by atoms with Crippen molar-refractivity contribution >= 4 is 23.4 Å². The summed E-state index contributed by atoms with van der Waals surface area (Å²) < 4.78 is 0. The lowest BCUT2D eigenvalue weighted by atomic mass is 10.1. The molecule has 0 aliphatic carbocycles. The normalized spacial score (nSPS) is 17.1. The summed E-state index contributed by atoms with van der Waals surface area (Å²) in [4.78, 5) is 40.9. The van der Waals surface area contributed by atoms with E-state index in [1.807, 2.05) is 52.0 Å². The summed E-state index contributed by atoms with van der Waals surface area (Å²) in [5.41, 5.74) is 1.63. The van der Waals surface area contributed by atoms with Crippen LogP contribution in [0.1, 0.15) is 46.6 Å². The van der Waals surface area contributed by atoms with Gasteiger partial charge in [-0.25, -0.2) is 0 Å². The molecular formula is C21H31N3O3. The van der Waals surface area contributed by atoms with E-state index in [0.717, 1.165) is 17.7 Å². The smallest absolute Gasteiger partial charge is 0.240 e. The average Bonchev–Trinajstić information content (AvgIpc) is 2.99. The van der Waals surface area contributed by atoms with E-state index in [1.54, 1.807) is 4.90 Å². The third kappa shape index (κ3) is 5.31. The monoisotopic (exact) mass is 373 g/mol. The van der Waals surface area contributed by atoms with Crippen molar-refractivity contribution in [1.29, 1.82) is 0 Å². The van der Waals surface area contributed by atoms with Crippen LogP contribution < -0.4 is 10.2 Å². The van der Waals surface area contributed by atoms with Gasteiger partial charge in [-0.3, -0.25) is 14.4 Å². The lowest BCUT2D eigenvalue weighted by Gasteiger charge is -2.27. The molecule has 148 valence electrons. The fourth-order valence-corrected chi connectivity index (χ4v) is 3.41. The Balaban J connectivity index is 2.08. The van der Waals surface area contributed by atoms with E-state index in [9.17, 15) is 14.4 Å². The van der Waals surface area contributed by atoms with E-state index in [4.69, 9.17) is 0 Å². The van der Waals surface area contributed by atoms with E-state index in [2.05, 4.69) is 12.2 Å². The second-order valence-electron chi connectivity index (χ2n) is 8.04. The molecule has 27 heavy (non-hydrogen) atoms. The molecular weight excluding hydrogens is 342 g/mol. The molecule has 1 aliphatic rings. The van der Waals surface area contributed by atoms with Crippen LogP contribution in [0.3, 0.4) is 0 Å². The van der Waals surface area contributed by atoms with Crippen molar-refractivity contribution in [3.63, 3.8) is 0 Å². The number of hydrogen-bond acceptors (Lipinski definition) is 3. The molecule has 1 N–H and O–H groups in total. The number of hydrogen-bond donors (Lipinski definition) is 1. The lowest BCUT2D eigenvalue weighted by molar-refractivity contribution is -0.139. The van der Waals surface area contributed by atoms with Crippen molar-refractivity contribution in [1.82, 2.24) is 10.2 Å². The number of nitrogens with zero attached hydrogens (tertiary/aromatic N) is 2. The second-order valence-corrected chi connectivity index (χ2v) is 8.04. The van der Waals surface area contributed by atoms with Gasteiger partial charge in [0.15, 0.2) is 0 Å². The van der Waals surface area contributed by atoms with E-state index in [-0.39, 0.29) is 36.2 Å². The number of rotatable bonds is 6. The Bertz CT molecular complexity index is 709. The van der Waals surface area contributed by atoms with Gasteiger partial charge in [0, 0.05) is 30.7 Å². The number of aryl methyl sites for hydroxylation is 1. The van der Waals surface area contributed by atoms with Crippen LogP contribution in [-0.4, -0.2) is 47.8 Å². The van der Waals surface area contributed by atoms with E-state index in [1.165, 1.54) is 4.90 Å². The van der Waals surface area contributed by atoms with Crippen LogP contribution in [0, 0.1) is 5.92 Å². The third-order valence-electron chi connectivity index (χ3n) is 4.68. The summed E-state index contributed by atoms with van der Waals surface area (Å²) in [5, 5.41) is 2.88. The van der Waals surface area contributed by atoms with Crippen molar-refractivity contribution in [2.45, 2.75) is 53.0 Å². The predicted octanol–water partition coefficient (Wildman–Crippen LogP) is 2.37.